The summed E-state index contributed by atoms with van der Waals surface area (Å²) in [5.74, 6) is 0.0894. The summed E-state index contributed by atoms with van der Waals surface area (Å²) in [5.41, 5.74) is 7.22. The van der Waals surface area contributed by atoms with Crippen molar-refractivity contribution in [2.24, 2.45) is 5.73 Å². The molecule has 15 heavy (non-hydrogen) atoms. The summed E-state index contributed by atoms with van der Waals surface area (Å²) in [5, 5.41) is 7.51. The molecule has 0 fully saturated rings. The van der Waals surface area contributed by atoms with Crippen LogP contribution in [0, 0.1) is 5.41 Å². The highest BCUT2D eigenvalue weighted by molar-refractivity contribution is 6.00. The van der Waals surface area contributed by atoms with Crippen LogP contribution >= 0.6 is 0 Å². The van der Waals surface area contributed by atoms with E-state index in [2.05, 4.69) is 30.7 Å². The molecule has 3 N–H and O–H groups in total. The van der Waals surface area contributed by atoms with Crippen molar-refractivity contribution in [1.29, 1.82) is 5.41 Å². The second-order valence-corrected chi connectivity index (χ2v) is 3.69. The minimum absolute atomic E-state index is 0.0894. The van der Waals surface area contributed by atoms with Gasteiger partial charge in [-0.2, -0.15) is 0 Å². The van der Waals surface area contributed by atoms with Crippen molar-refractivity contribution >= 4 is 11.5 Å². The molecule has 4 heteroatoms. The number of aromatic nitrogens is 1. The van der Waals surface area contributed by atoms with E-state index in [4.69, 9.17) is 11.1 Å². The molecule has 0 aliphatic carbocycles. The van der Waals surface area contributed by atoms with Crippen LogP contribution in [0.1, 0.15) is 26.3 Å². The van der Waals surface area contributed by atoms with E-state index >= 15 is 0 Å². The van der Waals surface area contributed by atoms with E-state index in [9.17, 15) is 0 Å². The molecule has 0 aromatic carbocycles. The van der Waals surface area contributed by atoms with Crippen molar-refractivity contribution in [1.82, 2.24) is 4.98 Å². The first-order valence-electron chi connectivity index (χ1n) is 5.13. The zero-order chi connectivity index (χ0) is 11.4. The molecule has 1 aromatic heterocycles. The first kappa shape index (κ1) is 11.5. The maximum atomic E-state index is 7.51. The number of nitrogens with zero attached hydrogens (tertiary/aromatic N) is 2. The average molecular weight is 206 g/mol. The lowest BCUT2D eigenvalue weighted by Crippen LogP contribution is -2.32. The van der Waals surface area contributed by atoms with Crippen LogP contribution in [0.2, 0.25) is 0 Å². The molecule has 0 spiro atoms. The van der Waals surface area contributed by atoms with Crippen LogP contribution in [0.4, 0.5) is 5.69 Å². The van der Waals surface area contributed by atoms with Crippen molar-refractivity contribution in [2.45, 2.75) is 26.8 Å². The maximum Gasteiger partial charge on any atom is 0.125 e. The number of nitrogens with one attached hydrogen (secondary N) is 1. The van der Waals surface area contributed by atoms with Crippen LogP contribution in [-0.4, -0.2) is 23.4 Å². The Balaban J connectivity index is 3.16. The fourth-order valence-corrected chi connectivity index (χ4v) is 1.66. The van der Waals surface area contributed by atoms with Gasteiger partial charge in [-0.25, -0.2) is 0 Å². The number of rotatable bonds is 4. The van der Waals surface area contributed by atoms with Gasteiger partial charge in [0.25, 0.3) is 0 Å². The number of nitrogens with two attached hydrogens (primary N) is 1. The van der Waals surface area contributed by atoms with E-state index < -0.39 is 0 Å². The first-order valence-corrected chi connectivity index (χ1v) is 5.13. The Bertz CT molecular complexity index is 346. The number of amidine groups is 1. The molecule has 0 atom stereocenters. The van der Waals surface area contributed by atoms with E-state index in [-0.39, 0.29) is 5.84 Å². The van der Waals surface area contributed by atoms with Gasteiger partial charge in [-0.1, -0.05) is 0 Å². The Morgan fingerprint density at radius 1 is 1.60 bits per heavy atom. The molecule has 0 saturated heterocycles. The summed E-state index contributed by atoms with van der Waals surface area (Å²) in [6.07, 6.45) is 3.43. The van der Waals surface area contributed by atoms with Gasteiger partial charge >= 0.3 is 0 Å². The molecule has 82 valence electrons. The summed E-state index contributed by atoms with van der Waals surface area (Å²) in [7, 11) is 0. The van der Waals surface area contributed by atoms with Gasteiger partial charge in [0.1, 0.15) is 5.84 Å². The number of hydrogen-bond donors (Lipinski definition) is 2. The number of hydrogen-bond acceptors (Lipinski definition) is 3. The van der Waals surface area contributed by atoms with Gasteiger partial charge in [0.2, 0.25) is 0 Å². The van der Waals surface area contributed by atoms with E-state index in [1.54, 1.807) is 18.5 Å². The van der Waals surface area contributed by atoms with Gasteiger partial charge in [-0.3, -0.25) is 10.4 Å². The molecule has 1 heterocycles. The van der Waals surface area contributed by atoms with Gasteiger partial charge in [0.05, 0.1) is 11.9 Å². The van der Waals surface area contributed by atoms with Crippen molar-refractivity contribution in [3.05, 3.63) is 24.0 Å². The van der Waals surface area contributed by atoms with Gasteiger partial charge in [-0.15, -0.1) is 0 Å². The fraction of sp³-hybridized carbons (Fsp3) is 0.455. The molecule has 0 radical (unpaired) electrons. The zero-order valence-electron chi connectivity index (χ0n) is 9.49. The Kier molecular flexibility index (Phi) is 3.66. The van der Waals surface area contributed by atoms with Crippen LogP contribution in [-0.2, 0) is 0 Å². The first-order chi connectivity index (χ1) is 7.07. The van der Waals surface area contributed by atoms with Crippen molar-refractivity contribution in [3.8, 4) is 0 Å². The van der Waals surface area contributed by atoms with Crippen LogP contribution in [0.25, 0.3) is 0 Å². The van der Waals surface area contributed by atoms with Crippen molar-refractivity contribution in [2.75, 3.05) is 11.4 Å². The van der Waals surface area contributed by atoms with Crippen molar-refractivity contribution < 1.29 is 0 Å². The third-order valence-electron chi connectivity index (χ3n) is 2.36. The predicted molar refractivity (Wildman–Crippen MR) is 63.4 cm³/mol. The zero-order valence-corrected chi connectivity index (χ0v) is 9.49. The SMILES string of the molecule is CCN(c1cnccc1C(=N)N)C(C)C. The number of anilines is 1. The lowest BCUT2D eigenvalue weighted by atomic mass is 10.1. The molecule has 0 unspecified atom stereocenters. The smallest absolute Gasteiger partial charge is 0.125 e. The largest absolute Gasteiger partial charge is 0.384 e. The van der Waals surface area contributed by atoms with Crippen LogP contribution in [0.15, 0.2) is 18.5 Å². The minimum Gasteiger partial charge on any atom is -0.384 e. The summed E-state index contributed by atoms with van der Waals surface area (Å²) in [6, 6.07) is 2.15. The topological polar surface area (TPSA) is 66.0 Å². The van der Waals surface area contributed by atoms with E-state index in [0.29, 0.717) is 6.04 Å². The third kappa shape index (κ3) is 2.46. The molecule has 0 bridgehead atoms. The molecule has 1 aromatic rings. The van der Waals surface area contributed by atoms with Crippen LogP contribution < -0.4 is 10.6 Å². The molecular formula is C11H18N4. The van der Waals surface area contributed by atoms with Crippen LogP contribution in [0.5, 0.6) is 0 Å². The lowest BCUT2D eigenvalue weighted by molar-refractivity contribution is 0.701. The molecule has 0 amide bonds. The normalized spacial score (nSPS) is 10.4. The Morgan fingerprint density at radius 3 is 2.73 bits per heavy atom. The molecule has 4 nitrogen and oxygen atoms in total. The second-order valence-electron chi connectivity index (χ2n) is 3.69. The summed E-state index contributed by atoms with van der Waals surface area (Å²) in [4.78, 5) is 6.26. The van der Waals surface area contributed by atoms with Gasteiger partial charge in [0, 0.05) is 24.3 Å². The highest BCUT2D eigenvalue weighted by atomic mass is 15.2. The van der Waals surface area contributed by atoms with Crippen molar-refractivity contribution in [3.63, 3.8) is 0 Å². The Labute approximate surface area is 90.6 Å². The highest BCUT2D eigenvalue weighted by Gasteiger charge is 2.13. The number of nitrogen functional groups attached to an aromatic ring is 1. The monoisotopic (exact) mass is 206 g/mol. The third-order valence-corrected chi connectivity index (χ3v) is 2.36. The molecule has 1 rings (SSSR count). The summed E-state index contributed by atoms with van der Waals surface area (Å²) in [6.45, 7) is 7.18. The van der Waals surface area contributed by atoms with Gasteiger partial charge in [0.15, 0.2) is 0 Å². The molecular weight excluding hydrogens is 188 g/mol. The maximum absolute atomic E-state index is 7.51. The number of pyridine rings is 1. The van der Waals surface area contributed by atoms with Crippen LogP contribution in [0.3, 0.4) is 0 Å². The lowest BCUT2D eigenvalue weighted by Gasteiger charge is -2.28. The second kappa shape index (κ2) is 4.77. The Hall–Kier alpha value is -1.58. The summed E-state index contributed by atoms with van der Waals surface area (Å²) >= 11 is 0. The minimum atomic E-state index is 0.0894. The van der Waals surface area contributed by atoms with Gasteiger partial charge in [-0.05, 0) is 26.8 Å². The average Bonchev–Trinajstić information content (AvgIpc) is 2.18. The standard InChI is InChI=1S/C11H18N4/c1-4-15(8(2)3)10-7-14-6-5-9(10)11(12)13/h5-8H,4H2,1-3H3,(H3,12,13). The van der Waals surface area contributed by atoms with Gasteiger partial charge < -0.3 is 10.6 Å². The highest BCUT2D eigenvalue weighted by Crippen LogP contribution is 2.20. The molecule has 0 aliphatic heterocycles. The quantitative estimate of drug-likeness (QED) is 0.581. The predicted octanol–water partition coefficient (Wildman–Crippen LogP) is 1.60. The Morgan fingerprint density at radius 2 is 2.27 bits per heavy atom. The van der Waals surface area contributed by atoms with E-state index in [0.717, 1.165) is 17.8 Å². The fourth-order valence-electron chi connectivity index (χ4n) is 1.66. The molecule has 0 saturated carbocycles. The van der Waals surface area contributed by atoms with E-state index in [1.807, 2.05) is 0 Å². The molecule has 0 aliphatic rings. The van der Waals surface area contributed by atoms with E-state index in [1.165, 1.54) is 0 Å². The summed E-state index contributed by atoms with van der Waals surface area (Å²) < 4.78 is 0.